The first-order valence-electron chi connectivity index (χ1n) is 6.05. The van der Waals surface area contributed by atoms with E-state index in [-0.39, 0.29) is 0 Å². The monoisotopic (exact) mass is 272 g/mol. The van der Waals surface area contributed by atoms with Gasteiger partial charge in [0.2, 0.25) is 0 Å². The number of halogens is 1. The fraction of sp³-hybridized carbons (Fsp3) is 0.667. The van der Waals surface area contributed by atoms with Crippen LogP contribution in [0.5, 0.6) is 6.01 Å². The van der Waals surface area contributed by atoms with Crippen molar-refractivity contribution in [1.82, 2.24) is 14.9 Å². The first kappa shape index (κ1) is 15.0. The molecule has 102 valence electrons. The van der Waals surface area contributed by atoms with Crippen LogP contribution in [0.25, 0.3) is 0 Å². The molecular weight excluding hydrogens is 252 g/mol. The molecule has 1 aromatic heterocycles. The fourth-order valence-electron chi connectivity index (χ4n) is 1.37. The number of nitrogens with zero attached hydrogens (tertiary/aromatic N) is 3. The Morgan fingerprint density at radius 3 is 2.83 bits per heavy atom. The summed E-state index contributed by atoms with van der Waals surface area (Å²) in [7, 11) is 3.65. The highest BCUT2D eigenvalue weighted by molar-refractivity contribution is 6.32. The van der Waals surface area contributed by atoms with Crippen molar-refractivity contribution < 1.29 is 4.74 Å². The van der Waals surface area contributed by atoms with Crippen LogP contribution in [0.2, 0.25) is 5.02 Å². The Morgan fingerprint density at radius 2 is 2.22 bits per heavy atom. The van der Waals surface area contributed by atoms with Gasteiger partial charge in [0, 0.05) is 12.6 Å². The van der Waals surface area contributed by atoms with E-state index < -0.39 is 0 Å². The molecule has 0 bridgehead atoms. The highest BCUT2D eigenvalue weighted by Gasteiger charge is 2.06. The van der Waals surface area contributed by atoms with Gasteiger partial charge >= 0.3 is 6.01 Å². The van der Waals surface area contributed by atoms with Crippen LogP contribution in [0.15, 0.2) is 6.20 Å². The molecule has 0 aliphatic heterocycles. The van der Waals surface area contributed by atoms with Gasteiger partial charge in [-0.25, -0.2) is 4.98 Å². The molecule has 0 aliphatic rings. The third-order valence-corrected chi connectivity index (χ3v) is 3.04. The molecule has 0 atom stereocenters. The Hall–Kier alpha value is -1.07. The number of ether oxygens (including phenoxy) is 1. The summed E-state index contributed by atoms with van der Waals surface area (Å²) in [6, 6.07) is 0.883. The summed E-state index contributed by atoms with van der Waals surface area (Å²) in [4.78, 5) is 10.4. The van der Waals surface area contributed by atoms with Gasteiger partial charge < -0.3 is 15.0 Å². The predicted octanol–water partition coefficient (Wildman–Crippen LogP) is 2.28. The Balaban J connectivity index is 2.39. The zero-order valence-corrected chi connectivity index (χ0v) is 12.2. The number of methoxy groups -OCH3 is 1. The quantitative estimate of drug-likeness (QED) is 0.772. The second-order valence-corrected chi connectivity index (χ2v) is 4.82. The number of hydrogen-bond donors (Lipinski definition) is 1. The van der Waals surface area contributed by atoms with Crippen LogP contribution in [-0.2, 0) is 0 Å². The van der Waals surface area contributed by atoms with Crippen LogP contribution in [0.3, 0.4) is 0 Å². The zero-order valence-electron chi connectivity index (χ0n) is 11.4. The van der Waals surface area contributed by atoms with Gasteiger partial charge in [-0.3, -0.25) is 0 Å². The molecule has 1 aromatic rings. The predicted molar refractivity (Wildman–Crippen MR) is 74.5 cm³/mol. The second-order valence-electron chi connectivity index (χ2n) is 4.41. The van der Waals surface area contributed by atoms with E-state index >= 15 is 0 Å². The fourth-order valence-corrected chi connectivity index (χ4v) is 1.52. The minimum Gasteiger partial charge on any atom is -0.467 e. The van der Waals surface area contributed by atoms with Gasteiger partial charge in [-0.1, -0.05) is 11.6 Å². The van der Waals surface area contributed by atoms with Gasteiger partial charge in [-0.05, 0) is 33.9 Å². The molecule has 18 heavy (non-hydrogen) atoms. The number of hydrogen-bond acceptors (Lipinski definition) is 5. The summed E-state index contributed by atoms with van der Waals surface area (Å²) in [6.45, 7) is 6.21. The summed E-state index contributed by atoms with van der Waals surface area (Å²) >= 11 is 5.99. The molecule has 6 heteroatoms. The molecule has 0 aromatic carbocycles. The minimum atomic E-state index is 0.321. The Kier molecular flexibility index (Phi) is 6.15. The van der Waals surface area contributed by atoms with E-state index in [1.807, 2.05) is 0 Å². The van der Waals surface area contributed by atoms with E-state index in [0.717, 1.165) is 19.5 Å². The SMILES string of the molecule is COc1ncc(Cl)c(NCCCN(C)C(C)C)n1. The molecule has 1 rings (SSSR count). The number of anilines is 1. The minimum absolute atomic E-state index is 0.321. The molecule has 1 N–H and O–H groups in total. The number of nitrogens with one attached hydrogen (secondary N) is 1. The lowest BCUT2D eigenvalue weighted by molar-refractivity contribution is 0.273. The average molecular weight is 273 g/mol. The lowest BCUT2D eigenvalue weighted by Crippen LogP contribution is -2.28. The lowest BCUT2D eigenvalue weighted by Gasteiger charge is -2.20. The molecule has 0 saturated heterocycles. The van der Waals surface area contributed by atoms with Gasteiger partial charge in [-0.15, -0.1) is 0 Å². The summed E-state index contributed by atoms with van der Waals surface area (Å²) in [5.41, 5.74) is 0. The summed E-state index contributed by atoms with van der Waals surface area (Å²) in [5, 5.41) is 3.70. The van der Waals surface area contributed by atoms with E-state index in [9.17, 15) is 0 Å². The van der Waals surface area contributed by atoms with Crippen molar-refractivity contribution >= 4 is 17.4 Å². The van der Waals surface area contributed by atoms with Crippen molar-refractivity contribution in [3.8, 4) is 6.01 Å². The van der Waals surface area contributed by atoms with Crippen LogP contribution in [-0.4, -0.2) is 48.2 Å². The maximum atomic E-state index is 5.99. The highest BCUT2D eigenvalue weighted by Crippen LogP contribution is 2.19. The molecule has 0 amide bonds. The van der Waals surface area contributed by atoms with E-state index in [4.69, 9.17) is 16.3 Å². The summed E-state index contributed by atoms with van der Waals surface area (Å²) in [5.74, 6) is 0.621. The number of rotatable bonds is 7. The van der Waals surface area contributed by atoms with Gasteiger partial charge in [0.25, 0.3) is 0 Å². The van der Waals surface area contributed by atoms with Crippen LogP contribution < -0.4 is 10.1 Å². The zero-order chi connectivity index (χ0) is 13.5. The van der Waals surface area contributed by atoms with Gasteiger partial charge in [0.1, 0.15) is 5.02 Å². The van der Waals surface area contributed by atoms with Crippen LogP contribution in [0, 0.1) is 0 Å². The molecule has 0 saturated carbocycles. The summed E-state index contributed by atoms with van der Waals surface area (Å²) in [6.07, 6.45) is 2.56. The molecule has 0 spiro atoms. The van der Waals surface area contributed by atoms with Crippen molar-refractivity contribution in [3.63, 3.8) is 0 Å². The Labute approximate surface area is 114 Å². The maximum Gasteiger partial charge on any atom is 0.318 e. The van der Waals surface area contributed by atoms with E-state index in [1.165, 1.54) is 13.3 Å². The maximum absolute atomic E-state index is 5.99. The van der Waals surface area contributed by atoms with E-state index in [0.29, 0.717) is 22.9 Å². The molecule has 5 nitrogen and oxygen atoms in total. The Bertz CT molecular complexity index is 373. The third-order valence-electron chi connectivity index (χ3n) is 2.77. The van der Waals surface area contributed by atoms with Crippen LogP contribution in [0.1, 0.15) is 20.3 Å². The summed E-state index contributed by atoms with van der Waals surface area (Å²) < 4.78 is 4.96. The standard InChI is InChI=1S/C12H21ClN4O/c1-9(2)17(3)7-5-6-14-11-10(13)8-15-12(16-11)18-4/h8-9H,5-7H2,1-4H3,(H,14,15,16). The van der Waals surface area contributed by atoms with Crippen molar-refractivity contribution in [2.24, 2.45) is 0 Å². The smallest absolute Gasteiger partial charge is 0.318 e. The van der Waals surface area contributed by atoms with Gasteiger partial charge in [-0.2, -0.15) is 4.98 Å². The number of aromatic nitrogens is 2. The van der Waals surface area contributed by atoms with Crippen molar-refractivity contribution in [1.29, 1.82) is 0 Å². The highest BCUT2D eigenvalue weighted by atomic mass is 35.5. The Morgan fingerprint density at radius 1 is 1.50 bits per heavy atom. The van der Waals surface area contributed by atoms with Crippen LogP contribution >= 0.6 is 11.6 Å². The van der Waals surface area contributed by atoms with Gasteiger partial charge in [0.15, 0.2) is 5.82 Å². The molecular formula is C12H21ClN4O. The molecule has 1 heterocycles. The largest absolute Gasteiger partial charge is 0.467 e. The molecule has 0 unspecified atom stereocenters. The molecule has 0 aliphatic carbocycles. The van der Waals surface area contributed by atoms with E-state index in [1.54, 1.807) is 0 Å². The normalized spacial score (nSPS) is 11.1. The van der Waals surface area contributed by atoms with Crippen LogP contribution in [0.4, 0.5) is 5.82 Å². The van der Waals surface area contributed by atoms with Crippen molar-refractivity contribution in [3.05, 3.63) is 11.2 Å². The van der Waals surface area contributed by atoms with E-state index in [2.05, 4.69) is 41.1 Å². The van der Waals surface area contributed by atoms with Crippen molar-refractivity contribution in [2.45, 2.75) is 26.3 Å². The first-order valence-corrected chi connectivity index (χ1v) is 6.43. The molecule has 0 radical (unpaired) electrons. The molecule has 0 fully saturated rings. The van der Waals surface area contributed by atoms with Gasteiger partial charge in [0.05, 0.1) is 13.3 Å². The topological polar surface area (TPSA) is 50.3 Å². The van der Waals surface area contributed by atoms with Crippen molar-refractivity contribution in [2.75, 3.05) is 32.6 Å². The lowest BCUT2D eigenvalue weighted by atomic mass is 10.3. The first-order chi connectivity index (χ1) is 8.54. The second kappa shape index (κ2) is 7.38. The third kappa shape index (κ3) is 4.66. The average Bonchev–Trinajstić information content (AvgIpc) is 2.36.